The molecule has 0 atom stereocenters. The van der Waals surface area contributed by atoms with Gasteiger partial charge in [0.2, 0.25) is 0 Å². The van der Waals surface area contributed by atoms with Crippen LogP contribution >= 0.6 is 0 Å². The second-order valence-electron chi connectivity index (χ2n) is 5.07. The smallest absolute Gasteiger partial charge is 0.258 e. The van der Waals surface area contributed by atoms with Crippen molar-refractivity contribution in [3.63, 3.8) is 0 Å². The molecule has 0 bridgehead atoms. The van der Waals surface area contributed by atoms with E-state index in [1.165, 1.54) is 43.8 Å². The van der Waals surface area contributed by atoms with E-state index in [-0.39, 0.29) is 5.91 Å². The van der Waals surface area contributed by atoms with Gasteiger partial charge in [-0.1, -0.05) is 25.0 Å². The first-order chi connectivity index (χ1) is 9.33. The average molecular weight is 255 g/mol. The minimum absolute atomic E-state index is 0.137. The standard InChI is InChI=1S/C16H17NO2/c18-16(14-9-10-19-11-14)17-15-7-5-13(6-8-15)12-3-1-2-4-12/h5-12H,1-4H2,(H,17,18). The molecule has 0 saturated heterocycles. The van der Waals surface area contributed by atoms with E-state index in [0.29, 0.717) is 11.5 Å². The van der Waals surface area contributed by atoms with Crippen LogP contribution in [0.3, 0.4) is 0 Å². The Labute approximate surface area is 112 Å². The molecule has 0 spiro atoms. The molecule has 1 amide bonds. The number of hydrogen-bond acceptors (Lipinski definition) is 2. The van der Waals surface area contributed by atoms with Crippen LogP contribution in [-0.4, -0.2) is 5.91 Å². The monoisotopic (exact) mass is 255 g/mol. The lowest BCUT2D eigenvalue weighted by molar-refractivity contribution is 0.102. The van der Waals surface area contributed by atoms with Gasteiger partial charge in [0, 0.05) is 5.69 Å². The predicted octanol–water partition coefficient (Wildman–Crippen LogP) is 4.19. The number of rotatable bonds is 3. The zero-order chi connectivity index (χ0) is 13.1. The van der Waals surface area contributed by atoms with Gasteiger partial charge in [-0.3, -0.25) is 4.79 Å². The Morgan fingerprint density at radius 3 is 2.47 bits per heavy atom. The lowest BCUT2D eigenvalue weighted by Crippen LogP contribution is -2.10. The summed E-state index contributed by atoms with van der Waals surface area (Å²) in [6, 6.07) is 9.86. The minimum atomic E-state index is -0.137. The van der Waals surface area contributed by atoms with E-state index >= 15 is 0 Å². The molecule has 3 rings (SSSR count). The molecule has 3 nitrogen and oxygen atoms in total. The summed E-state index contributed by atoms with van der Waals surface area (Å²) in [6.07, 6.45) is 8.20. The fourth-order valence-corrected chi connectivity index (χ4v) is 2.69. The number of hydrogen-bond donors (Lipinski definition) is 1. The fraction of sp³-hybridized carbons (Fsp3) is 0.312. The molecule has 2 aromatic rings. The van der Waals surface area contributed by atoms with Gasteiger partial charge in [-0.05, 0) is 42.5 Å². The second-order valence-corrected chi connectivity index (χ2v) is 5.07. The number of amides is 1. The molecule has 0 unspecified atom stereocenters. The summed E-state index contributed by atoms with van der Waals surface area (Å²) in [7, 11) is 0. The van der Waals surface area contributed by atoms with E-state index in [0.717, 1.165) is 5.69 Å². The molecule has 1 heterocycles. The molecule has 1 aromatic carbocycles. The van der Waals surface area contributed by atoms with E-state index in [1.807, 2.05) is 12.1 Å². The summed E-state index contributed by atoms with van der Waals surface area (Å²) in [5.41, 5.74) is 2.76. The molecule has 0 aliphatic heterocycles. The maximum atomic E-state index is 11.8. The third-order valence-electron chi connectivity index (χ3n) is 3.78. The predicted molar refractivity (Wildman–Crippen MR) is 74.3 cm³/mol. The van der Waals surface area contributed by atoms with Gasteiger partial charge in [0.15, 0.2) is 0 Å². The molecule has 98 valence electrons. The van der Waals surface area contributed by atoms with Gasteiger partial charge >= 0.3 is 0 Å². The van der Waals surface area contributed by atoms with Gasteiger partial charge in [-0.15, -0.1) is 0 Å². The van der Waals surface area contributed by atoms with E-state index in [2.05, 4.69) is 17.4 Å². The van der Waals surface area contributed by atoms with Crippen LogP contribution in [0.15, 0.2) is 47.3 Å². The molecule has 1 fully saturated rings. The maximum Gasteiger partial charge on any atom is 0.258 e. The fourth-order valence-electron chi connectivity index (χ4n) is 2.69. The topological polar surface area (TPSA) is 42.2 Å². The van der Waals surface area contributed by atoms with Gasteiger partial charge in [-0.2, -0.15) is 0 Å². The summed E-state index contributed by atoms with van der Waals surface area (Å²) in [5.74, 6) is 0.570. The van der Waals surface area contributed by atoms with Crippen LogP contribution in [-0.2, 0) is 0 Å². The van der Waals surface area contributed by atoms with E-state index in [1.54, 1.807) is 6.07 Å². The normalized spacial score (nSPS) is 15.6. The lowest BCUT2D eigenvalue weighted by atomic mass is 9.97. The Morgan fingerprint density at radius 1 is 1.11 bits per heavy atom. The van der Waals surface area contributed by atoms with Crippen molar-refractivity contribution >= 4 is 11.6 Å². The largest absolute Gasteiger partial charge is 0.472 e. The van der Waals surface area contributed by atoms with Crippen molar-refractivity contribution in [3.05, 3.63) is 54.0 Å². The lowest BCUT2D eigenvalue weighted by Gasteiger charge is -2.10. The van der Waals surface area contributed by atoms with Crippen molar-refractivity contribution in [2.45, 2.75) is 31.6 Å². The SMILES string of the molecule is O=C(Nc1ccc(C2CCCC2)cc1)c1ccoc1. The first-order valence-electron chi connectivity index (χ1n) is 6.76. The summed E-state index contributed by atoms with van der Waals surface area (Å²) in [6.45, 7) is 0. The van der Waals surface area contributed by atoms with Gasteiger partial charge in [0.1, 0.15) is 6.26 Å². The van der Waals surface area contributed by atoms with Crippen molar-refractivity contribution < 1.29 is 9.21 Å². The number of carbonyl (C=O) groups is 1. The summed E-state index contributed by atoms with van der Waals surface area (Å²) in [4.78, 5) is 11.8. The van der Waals surface area contributed by atoms with Crippen LogP contribution in [0.2, 0.25) is 0 Å². The number of carbonyl (C=O) groups excluding carboxylic acids is 1. The Balaban J connectivity index is 1.67. The second kappa shape index (κ2) is 5.31. The first-order valence-corrected chi connectivity index (χ1v) is 6.76. The molecule has 1 aromatic heterocycles. The van der Waals surface area contributed by atoms with Crippen molar-refractivity contribution in [1.82, 2.24) is 0 Å². The zero-order valence-corrected chi connectivity index (χ0v) is 10.8. The Bertz CT molecular complexity index is 537. The molecular weight excluding hydrogens is 238 g/mol. The molecule has 19 heavy (non-hydrogen) atoms. The van der Waals surface area contributed by atoms with Crippen LogP contribution in [0.25, 0.3) is 0 Å². The quantitative estimate of drug-likeness (QED) is 0.893. The molecule has 0 radical (unpaired) electrons. The molecule has 3 heteroatoms. The highest BCUT2D eigenvalue weighted by molar-refractivity contribution is 6.03. The van der Waals surface area contributed by atoms with Crippen LogP contribution < -0.4 is 5.32 Å². The van der Waals surface area contributed by atoms with Gasteiger partial charge in [0.05, 0.1) is 11.8 Å². The molecular formula is C16H17NO2. The highest BCUT2D eigenvalue weighted by atomic mass is 16.3. The highest BCUT2D eigenvalue weighted by Gasteiger charge is 2.16. The first kappa shape index (κ1) is 12.0. The van der Waals surface area contributed by atoms with Crippen LogP contribution in [0.4, 0.5) is 5.69 Å². The van der Waals surface area contributed by atoms with Crippen LogP contribution in [0.5, 0.6) is 0 Å². The maximum absolute atomic E-state index is 11.8. The van der Waals surface area contributed by atoms with Gasteiger partial charge in [-0.25, -0.2) is 0 Å². The number of anilines is 1. The Hall–Kier alpha value is -2.03. The van der Waals surface area contributed by atoms with Crippen LogP contribution in [0, 0.1) is 0 Å². The summed E-state index contributed by atoms with van der Waals surface area (Å²) in [5, 5.41) is 2.86. The summed E-state index contributed by atoms with van der Waals surface area (Å²) < 4.78 is 4.90. The minimum Gasteiger partial charge on any atom is -0.472 e. The van der Waals surface area contributed by atoms with E-state index < -0.39 is 0 Å². The number of furan rings is 1. The Kier molecular flexibility index (Phi) is 3.36. The number of benzene rings is 1. The van der Waals surface area contributed by atoms with Crippen molar-refractivity contribution in [3.8, 4) is 0 Å². The summed E-state index contributed by atoms with van der Waals surface area (Å²) >= 11 is 0. The highest BCUT2D eigenvalue weighted by Crippen LogP contribution is 2.34. The third-order valence-corrected chi connectivity index (χ3v) is 3.78. The van der Waals surface area contributed by atoms with Gasteiger partial charge < -0.3 is 9.73 Å². The van der Waals surface area contributed by atoms with Crippen molar-refractivity contribution in [2.24, 2.45) is 0 Å². The van der Waals surface area contributed by atoms with E-state index in [4.69, 9.17) is 4.42 Å². The molecule has 1 N–H and O–H groups in total. The van der Waals surface area contributed by atoms with Crippen LogP contribution in [0.1, 0.15) is 47.5 Å². The number of nitrogens with one attached hydrogen (secondary N) is 1. The Morgan fingerprint density at radius 2 is 1.84 bits per heavy atom. The third kappa shape index (κ3) is 2.70. The van der Waals surface area contributed by atoms with Crippen molar-refractivity contribution in [2.75, 3.05) is 5.32 Å². The molecule has 1 saturated carbocycles. The molecule has 1 aliphatic rings. The van der Waals surface area contributed by atoms with Crippen molar-refractivity contribution in [1.29, 1.82) is 0 Å². The van der Waals surface area contributed by atoms with Gasteiger partial charge in [0.25, 0.3) is 5.91 Å². The zero-order valence-electron chi connectivity index (χ0n) is 10.8. The molecule has 1 aliphatic carbocycles. The van der Waals surface area contributed by atoms with E-state index in [9.17, 15) is 4.79 Å². The average Bonchev–Trinajstić information content (AvgIpc) is 3.13.